The highest BCUT2D eigenvalue weighted by Crippen LogP contribution is 2.42. The van der Waals surface area contributed by atoms with Gasteiger partial charge < -0.3 is 9.84 Å². The van der Waals surface area contributed by atoms with Crippen LogP contribution in [0, 0.1) is 0 Å². The van der Waals surface area contributed by atoms with E-state index in [0.29, 0.717) is 23.2 Å². The van der Waals surface area contributed by atoms with E-state index in [4.69, 9.17) is 9.51 Å². The molecule has 0 unspecified atom stereocenters. The fourth-order valence-electron chi connectivity index (χ4n) is 3.02. The maximum Gasteiger partial charge on any atom is 0.251 e. The molecule has 0 spiro atoms. The molecule has 7 heteroatoms. The Morgan fingerprint density at radius 3 is 2.55 bits per heavy atom. The Balaban J connectivity index is 1.24. The van der Waals surface area contributed by atoms with Gasteiger partial charge in [-0.2, -0.15) is 4.98 Å². The number of thiazole rings is 1. The zero-order valence-electron chi connectivity index (χ0n) is 15.5. The Hall–Kier alpha value is -3.32. The molecule has 2 heterocycles. The molecule has 0 radical (unpaired) electrons. The Kier molecular flexibility index (Phi) is 4.65. The number of rotatable bonds is 6. The average Bonchev–Trinajstić information content (AvgIpc) is 3.31. The first-order valence-corrected chi connectivity index (χ1v) is 10.4. The SMILES string of the molecule is O=C(NCc1nc(-c2ccc(-c3csc(C4CC4)n3)cc2)no1)c1ccccc1. The van der Waals surface area contributed by atoms with Gasteiger partial charge in [0.25, 0.3) is 5.91 Å². The van der Waals surface area contributed by atoms with Crippen LogP contribution in [0.2, 0.25) is 0 Å². The first-order chi connectivity index (χ1) is 14.3. The van der Waals surface area contributed by atoms with Crippen LogP contribution in [0.1, 0.15) is 40.0 Å². The normalized spacial score (nSPS) is 13.4. The van der Waals surface area contributed by atoms with Crippen LogP contribution in [-0.4, -0.2) is 21.0 Å². The average molecular weight is 402 g/mol. The van der Waals surface area contributed by atoms with Crippen molar-refractivity contribution in [1.82, 2.24) is 20.4 Å². The van der Waals surface area contributed by atoms with Gasteiger partial charge in [-0.3, -0.25) is 4.79 Å². The van der Waals surface area contributed by atoms with Gasteiger partial charge >= 0.3 is 0 Å². The second kappa shape index (κ2) is 7.60. The lowest BCUT2D eigenvalue weighted by Gasteiger charge is -2.01. The van der Waals surface area contributed by atoms with Crippen LogP contribution in [0.4, 0.5) is 0 Å². The van der Waals surface area contributed by atoms with Crippen molar-refractivity contribution in [3.05, 3.63) is 76.4 Å². The Morgan fingerprint density at radius 2 is 1.79 bits per heavy atom. The summed E-state index contributed by atoms with van der Waals surface area (Å²) < 4.78 is 5.27. The summed E-state index contributed by atoms with van der Waals surface area (Å²) in [5.74, 6) is 1.36. The van der Waals surface area contributed by atoms with E-state index in [9.17, 15) is 4.79 Å². The topological polar surface area (TPSA) is 80.9 Å². The highest BCUT2D eigenvalue weighted by atomic mass is 32.1. The van der Waals surface area contributed by atoms with Gasteiger partial charge in [-0.1, -0.05) is 47.6 Å². The molecule has 1 N–H and O–H groups in total. The highest BCUT2D eigenvalue weighted by molar-refractivity contribution is 7.10. The third kappa shape index (κ3) is 3.95. The van der Waals surface area contributed by atoms with Gasteiger partial charge in [0.2, 0.25) is 11.7 Å². The molecule has 29 heavy (non-hydrogen) atoms. The van der Waals surface area contributed by atoms with Crippen molar-refractivity contribution in [2.75, 3.05) is 0 Å². The van der Waals surface area contributed by atoms with Crippen molar-refractivity contribution in [2.24, 2.45) is 0 Å². The van der Waals surface area contributed by atoms with Crippen LogP contribution in [0.5, 0.6) is 0 Å². The number of nitrogens with zero attached hydrogens (tertiary/aromatic N) is 3. The van der Waals surface area contributed by atoms with Crippen molar-refractivity contribution in [3.63, 3.8) is 0 Å². The van der Waals surface area contributed by atoms with E-state index in [1.54, 1.807) is 23.5 Å². The van der Waals surface area contributed by atoms with Crippen LogP contribution in [0.15, 0.2) is 64.5 Å². The molecule has 1 aliphatic rings. The molecule has 1 amide bonds. The van der Waals surface area contributed by atoms with E-state index in [2.05, 4.69) is 20.8 Å². The summed E-state index contributed by atoms with van der Waals surface area (Å²) >= 11 is 1.74. The maximum absolute atomic E-state index is 12.1. The van der Waals surface area contributed by atoms with Gasteiger partial charge in [0, 0.05) is 28.0 Å². The fraction of sp³-hybridized carbons (Fsp3) is 0.182. The van der Waals surface area contributed by atoms with Gasteiger partial charge in [0.1, 0.15) is 0 Å². The van der Waals surface area contributed by atoms with E-state index in [-0.39, 0.29) is 12.5 Å². The van der Waals surface area contributed by atoms with Crippen molar-refractivity contribution in [2.45, 2.75) is 25.3 Å². The van der Waals surface area contributed by atoms with Gasteiger partial charge in [0.05, 0.1) is 17.2 Å². The number of benzene rings is 2. The smallest absolute Gasteiger partial charge is 0.251 e. The molecule has 0 bridgehead atoms. The van der Waals surface area contributed by atoms with Gasteiger partial charge in [-0.15, -0.1) is 11.3 Å². The van der Waals surface area contributed by atoms with Crippen LogP contribution in [0.25, 0.3) is 22.6 Å². The summed E-state index contributed by atoms with van der Waals surface area (Å²) in [5.41, 5.74) is 3.54. The second-order valence-corrected chi connectivity index (χ2v) is 7.87. The molecule has 5 rings (SSSR count). The summed E-state index contributed by atoms with van der Waals surface area (Å²) in [4.78, 5) is 21.2. The monoisotopic (exact) mass is 402 g/mol. The molecule has 1 aliphatic carbocycles. The molecule has 2 aromatic heterocycles. The number of aromatic nitrogens is 3. The second-order valence-electron chi connectivity index (χ2n) is 6.98. The predicted octanol–water partition coefficient (Wildman–Crippen LogP) is 4.67. The standard InChI is InChI=1S/C22H18N4O2S/c27-21(16-4-2-1-3-5-16)23-12-19-25-20(26-28-19)15-8-6-14(7-9-15)18-13-29-22(24-18)17-10-11-17/h1-9,13,17H,10-12H2,(H,23,27). The Labute approximate surface area is 171 Å². The lowest BCUT2D eigenvalue weighted by Crippen LogP contribution is -2.22. The van der Waals surface area contributed by atoms with Gasteiger partial charge in [0.15, 0.2) is 0 Å². The van der Waals surface area contributed by atoms with E-state index in [0.717, 1.165) is 16.8 Å². The van der Waals surface area contributed by atoms with Crippen molar-refractivity contribution < 1.29 is 9.32 Å². The van der Waals surface area contributed by atoms with E-state index >= 15 is 0 Å². The fourth-order valence-corrected chi connectivity index (χ4v) is 4.02. The third-order valence-corrected chi connectivity index (χ3v) is 5.80. The number of hydrogen-bond acceptors (Lipinski definition) is 6. The highest BCUT2D eigenvalue weighted by Gasteiger charge is 2.26. The molecule has 144 valence electrons. The van der Waals surface area contributed by atoms with Crippen LogP contribution in [0.3, 0.4) is 0 Å². The third-order valence-electron chi connectivity index (χ3n) is 4.79. The minimum absolute atomic E-state index is 0.177. The van der Waals surface area contributed by atoms with Crippen LogP contribution >= 0.6 is 11.3 Å². The number of nitrogens with one attached hydrogen (secondary N) is 1. The lowest BCUT2D eigenvalue weighted by atomic mass is 10.1. The molecular formula is C22H18N4O2S. The maximum atomic E-state index is 12.1. The van der Waals surface area contributed by atoms with Crippen LogP contribution in [-0.2, 0) is 6.54 Å². The minimum Gasteiger partial charge on any atom is -0.343 e. The zero-order chi connectivity index (χ0) is 19.6. The molecular weight excluding hydrogens is 384 g/mol. The van der Waals surface area contributed by atoms with Gasteiger partial charge in [-0.25, -0.2) is 4.98 Å². The molecule has 1 saturated carbocycles. The summed E-state index contributed by atoms with van der Waals surface area (Å²) in [6.45, 7) is 0.182. The Morgan fingerprint density at radius 1 is 1.03 bits per heavy atom. The number of amides is 1. The summed E-state index contributed by atoms with van der Waals surface area (Å²) in [6, 6.07) is 17.0. The van der Waals surface area contributed by atoms with Crippen molar-refractivity contribution >= 4 is 17.2 Å². The molecule has 2 aromatic carbocycles. The molecule has 1 fully saturated rings. The summed E-state index contributed by atoms with van der Waals surface area (Å²) in [6.07, 6.45) is 2.52. The summed E-state index contributed by atoms with van der Waals surface area (Å²) in [7, 11) is 0. The zero-order valence-corrected chi connectivity index (χ0v) is 16.4. The number of hydrogen-bond donors (Lipinski definition) is 1. The number of carbonyl (C=O) groups is 1. The molecule has 4 aromatic rings. The van der Waals surface area contributed by atoms with Crippen molar-refractivity contribution in [3.8, 4) is 22.6 Å². The largest absolute Gasteiger partial charge is 0.343 e. The van der Waals surface area contributed by atoms with E-state index in [1.807, 2.05) is 42.5 Å². The quantitative estimate of drug-likeness (QED) is 0.507. The summed E-state index contributed by atoms with van der Waals surface area (Å²) in [5, 5.41) is 10.2. The number of carbonyl (C=O) groups excluding carboxylic acids is 1. The van der Waals surface area contributed by atoms with E-state index in [1.165, 1.54) is 17.8 Å². The minimum atomic E-state index is -0.177. The molecule has 0 aliphatic heterocycles. The molecule has 0 atom stereocenters. The van der Waals surface area contributed by atoms with Gasteiger partial charge in [-0.05, 0) is 25.0 Å². The lowest BCUT2D eigenvalue weighted by molar-refractivity contribution is 0.0946. The molecule has 6 nitrogen and oxygen atoms in total. The predicted molar refractivity (Wildman–Crippen MR) is 110 cm³/mol. The van der Waals surface area contributed by atoms with Crippen molar-refractivity contribution in [1.29, 1.82) is 0 Å². The first-order valence-electron chi connectivity index (χ1n) is 9.48. The van der Waals surface area contributed by atoms with E-state index < -0.39 is 0 Å². The van der Waals surface area contributed by atoms with Crippen LogP contribution < -0.4 is 5.32 Å². The first kappa shape index (κ1) is 17.8. The Bertz CT molecular complexity index is 1130. The molecule has 0 saturated heterocycles.